The Morgan fingerprint density at radius 1 is 1.60 bits per heavy atom. The van der Waals surface area contributed by atoms with Gasteiger partial charge < -0.3 is 4.89 Å². The summed E-state index contributed by atoms with van der Waals surface area (Å²) in [5, 5.41) is 0. The van der Waals surface area contributed by atoms with Crippen molar-refractivity contribution in [2.75, 3.05) is 6.16 Å². The van der Waals surface area contributed by atoms with Crippen LogP contribution in [0.25, 0.3) is 0 Å². The third-order valence-corrected chi connectivity index (χ3v) is 3.03. The smallest absolute Gasteiger partial charge is 0.222 e. The van der Waals surface area contributed by atoms with E-state index < -0.39 is 7.37 Å². The highest BCUT2D eigenvalue weighted by molar-refractivity contribution is 7.61. The summed E-state index contributed by atoms with van der Waals surface area (Å²) < 4.78 is 11.1. The van der Waals surface area contributed by atoms with Gasteiger partial charge in [-0.15, -0.1) is 0 Å². The van der Waals surface area contributed by atoms with Crippen LogP contribution in [0.15, 0.2) is 11.9 Å². The Morgan fingerprint density at radius 3 is 2.40 bits per heavy atom. The molecule has 0 aromatic heterocycles. The monoisotopic (exact) mass is 162 g/mol. The lowest BCUT2D eigenvalue weighted by Crippen LogP contribution is -1.94. The van der Waals surface area contributed by atoms with E-state index in [0.717, 1.165) is 0 Å². The summed E-state index contributed by atoms with van der Waals surface area (Å²) in [4.78, 5) is 9.15. The second-order valence-electron chi connectivity index (χ2n) is 2.81. The highest BCUT2D eigenvalue weighted by Gasteiger charge is 2.14. The molecule has 0 saturated heterocycles. The quantitative estimate of drug-likeness (QED) is 0.647. The molecule has 0 saturated carbocycles. The van der Waals surface area contributed by atoms with Gasteiger partial charge in [0.1, 0.15) is 0 Å². The number of hydrogen-bond donors (Lipinski definition) is 1. The van der Waals surface area contributed by atoms with Crippen LogP contribution in [0, 0.1) is 5.92 Å². The van der Waals surface area contributed by atoms with Crippen LogP contribution in [-0.4, -0.2) is 11.1 Å². The van der Waals surface area contributed by atoms with Crippen molar-refractivity contribution in [1.29, 1.82) is 0 Å². The van der Waals surface area contributed by atoms with Crippen molar-refractivity contribution in [3.05, 3.63) is 11.9 Å². The van der Waals surface area contributed by atoms with Gasteiger partial charge in [0.15, 0.2) is 0 Å². The van der Waals surface area contributed by atoms with Crippen molar-refractivity contribution < 1.29 is 9.46 Å². The fourth-order valence-corrected chi connectivity index (χ4v) is 2.45. The van der Waals surface area contributed by atoms with E-state index in [1.165, 1.54) is 5.82 Å². The molecule has 0 aromatic rings. The molecule has 1 N–H and O–H groups in total. The van der Waals surface area contributed by atoms with Crippen molar-refractivity contribution in [2.45, 2.75) is 20.8 Å². The van der Waals surface area contributed by atoms with E-state index in [9.17, 15) is 4.57 Å². The van der Waals surface area contributed by atoms with Crippen LogP contribution in [0.1, 0.15) is 20.8 Å². The first-order valence-corrected chi connectivity index (χ1v) is 5.34. The summed E-state index contributed by atoms with van der Waals surface area (Å²) in [5.74, 6) is 1.68. The van der Waals surface area contributed by atoms with Crippen molar-refractivity contribution in [3.63, 3.8) is 0 Å². The Balaban J connectivity index is 4.01. The average Bonchev–Trinajstić information content (AvgIpc) is 1.59. The van der Waals surface area contributed by atoms with Crippen LogP contribution >= 0.6 is 7.37 Å². The summed E-state index contributed by atoms with van der Waals surface area (Å²) in [6.45, 7) is 5.63. The molecular weight excluding hydrogens is 147 g/mol. The Morgan fingerprint density at radius 2 is 2.10 bits per heavy atom. The maximum Gasteiger partial charge on any atom is 0.222 e. The van der Waals surface area contributed by atoms with Gasteiger partial charge in [0.25, 0.3) is 0 Å². The van der Waals surface area contributed by atoms with Gasteiger partial charge in [-0.25, -0.2) is 0 Å². The molecule has 0 amide bonds. The van der Waals surface area contributed by atoms with E-state index in [4.69, 9.17) is 4.89 Å². The van der Waals surface area contributed by atoms with Crippen molar-refractivity contribution in [1.82, 2.24) is 0 Å². The van der Waals surface area contributed by atoms with E-state index in [1.807, 2.05) is 13.8 Å². The van der Waals surface area contributed by atoms with Crippen LogP contribution in [0.3, 0.4) is 0 Å². The molecule has 1 atom stereocenters. The predicted molar refractivity (Wildman–Crippen MR) is 44.3 cm³/mol. The van der Waals surface area contributed by atoms with Crippen molar-refractivity contribution >= 4 is 7.37 Å². The van der Waals surface area contributed by atoms with Gasteiger partial charge in [-0.2, -0.15) is 0 Å². The molecule has 0 heterocycles. The fraction of sp³-hybridized carbons (Fsp3) is 0.714. The molecule has 0 fully saturated rings. The second-order valence-corrected chi connectivity index (χ2v) is 4.99. The standard InChI is InChI=1S/C7H15O2P/c1-4-5-10(8,9)6-7(2)3/h4-5,7H,6H2,1-3H3,(H,8,9). The molecule has 0 aliphatic rings. The van der Waals surface area contributed by atoms with Gasteiger partial charge in [0.2, 0.25) is 7.37 Å². The normalized spacial score (nSPS) is 18.1. The first-order chi connectivity index (χ1) is 4.48. The summed E-state index contributed by atoms with van der Waals surface area (Å²) in [5.41, 5.74) is 0. The van der Waals surface area contributed by atoms with Gasteiger partial charge in [0, 0.05) is 6.16 Å². The Labute approximate surface area is 62.4 Å². The lowest BCUT2D eigenvalue weighted by Gasteiger charge is -2.08. The van der Waals surface area contributed by atoms with E-state index >= 15 is 0 Å². The molecule has 10 heavy (non-hydrogen) atoms. The third-order valence-electron chi connectivity index (χ3n) is 1.01. The summed E-state index contributed by atoms with van der Waals surface area (Å²) in [6, 6.07) is 0. The molecule has 0 bridgehead atoms. The van der Waals surface area contributed by atoms with Crippen LogP contribution in [-0.2, 0) is 4.57 Å². The number of hydrogen-bond acceptors (Lipinski definition) is 1. The molecule has 0 aliphatic heterocycles. The summed E-state index contributed by atoms with van der Waals surface area (Å²) in [6.07, 6.45) is 2.01. The van der Waals surface area contributed by atoms with Gasteiger partial charge >= 0.3 is 0 Å². The first kappa shape index (κ1) is 9.93. The Hall–Kier alpha value is -0.0700. The number of allylic oxidation sites excluding steroid dienone is 1. The summed E-state index contributed by atoms with van der Waals surface area (Å²) >= 11 is 0. The van der Waals surface area contributed by atoms with Crippen molar-refractivity contribution in [2.24, 2.45) is 5.92 Å². The Bertz CT molecular complexity index is 161. The molecule has 0 aromatic carbocycles. The zero-order valence-electron chi connectivity index (χ0n) is 6.74. The topological polar surface area (TPSA) is 37.3 Å². The molecule has 0 radical (unpaired) electrons. The molecule has 3 heteroatoms. The number of rotatable bonds is 3. The molecule has 0 aliphatic carbocycles. The molecular formula is C7H15O2P. The molecule has 1 unspecified atom stereocenters. The van der Waals surface area contributed by atoms with E-state index in [0.29, 0.717) is 6.16 Å². The maximum absolute atomic E-state index is 11.1. The van der Waals surface area contributed by atoms with E-state index in [-0.39, 0.29) is 5.92 Å². The van der Waals surface area contributed by atoms with Gasteiger partial charge in [0.05, 0.1) is 0 Å². The minimum absolute atomic E-state index is 0.284. The fourth-order valence-electron chi connectivity index (χ4n) is 0.817. The highest BCUT2D eigenvalue weighted by Crippen LogP contribution is 2.43. The third kappa shape index (κ3) is 4.78. The minimum Gasteiger partial charge on any atom is -0.341 e. The maximum atomic E-state index is 11.1. The Kier molecular flexibility index (Phi) is 3.92. The molecule has 0 spiro atoms. The zero-order valence-corrected chi connectivity index (χ0v) is 7.64. The molecule has 0 rings (SSSR count). The minimum atomic E-state index is -2.93. The summed E-state index contributed by atoms with van der Waals surface area (Å²) in [7, 11) is -2.93. The average molecular weight is 162 g/mol. The predicted octanol–water partition coefficient (Wildman–Crippen LogP) is 2.45. The van der Waals surface area contributed by atoms with Crippen molar-refractivity contribution in [3.8, 4) is 0 Å². The second kappa shape index (κ2) is 3.95. The van der Waals surface area contributed by atoms with Crippen LogP contribution in [0.2, 0.25) is 0 Å². The first-order valence-electron chi connectivity index (χ1n) is 3.43. The molecule has 2 nitrogen and oxygen atoms in total. The molecule has 60 valence electrons. The lowest BCUT2D eigenvalue weighted by atomic mass is 10.3. The lowest BCUT2D eigenvalue weighted by molar-refractivity contribution is 0.479. The van der Waals surface area contributed by atoms with Gasteiger partial charge in [-0.3, -0.25) is 4.57 Å². The van der Waals surface area contributed by atoms with Gasteiger partial charge in [-0.05, 0) is 18.7 Å². The van der Waals surface area contributed by atoms with E-state index in [2.05, 4.69) is 0 Å². The zero-order chi connectivity index (χ0) is 8.20. The highest BCUT2D eigenvalue weighted by atomic mass is 31.2. The largest absolute Gasteiger partial charge is 0.341 e. The van der Waals surface area contributed by atoms with Crippen LogP contribution < -0.4 is 0 Å². The van der Waals surface area contributed by atoms with Crippen LogP contribution in [0.5, 0.6) is 0 Å². The SMILES string of the molecule is CC=CP(=O)(O)CC(C)C. The van der Waals surface area contributed by atoms with Crippen LogP contribution in [0.4, 0.5) is 0 Å². The van der Waals surface area contributed by atoms with Gasteiger partial charge in [-0.1, -0.05) is 19.9 Å². The van der Waals surface area contributed by atoms with E-state index in [1.54, 1.807) is 13.0 Å².